The first-order valence-corrected chi connectivity index (χ1v) is 14.1. The Morgan fingerprint density at radius 3 is 1.21 bits per heavy atom. The zero-order valence-electron chi connectivity index (χ0n) is 20.4. The molecule has 0 unspecified atom stereocenters. The van der Waals surface area contributed by atoms with Crippen molar-refractivity contribution < 1.29 is 0 Å². The number of aromatic nitrogens is 3. The lowest BCUT2D eigenvalue weighted by atomic mass is 10.1. The Bertz CT molecular complexity index is 1660. The predicted octanol–water partition coefficient (Wildman–Crippen LogP) is 9.45. The van der Waals surface area contributed by atoms with E-state index in [2.05, 4.69) is 125 Å². The van der Waals surface area contributed by atoms with Gasteiger partial charge in [0.1, 0.15) is 0 Å². The van der Waals surface area contributed by atoms with E-state index in [1.54, 1.807) is 22.7 Å². The van der Waals surface area contributed by atoms with Gasteiger partial charge in [0.2, 0.25) is 0 Å². The molecule has 0 aliphatic carbocycles. The molecule has 3 nitrogen and oxygen atoms in total. The first kappa shape index (κ1) is 22.7. The van der Waals surface area contributed by atoms with Crippen LogP contribution in [-0.4, -0.2) is 14.1 Å². The Kier molecular flexibility index (Phi) is 5.85. The first-order valence-electron chi connectivity index (χ1n) is 12.5. The molecule has 7 rings (SSSR count). The highest BCUT2D eigenvalue weighted by Gasteiger charge is 2.11. The van der Waals surface area contributed by atoms with E-state index in [0.29, 0.717) is 0 Å². The van der Waals surface area contributed by atoms with Crippen LogP contribution in [0, 0.1) is 0 Å². The topological polar surface area (TPSA) is 22.8 Å². The van der Waals surface area contributed by atoms with E-state index in [9.17, 15) is 0 Å². The smallest absolute Gasteiger partial charge is 0.0809 e. The SMILES string of the molecule is c1cc(-c2ccc(-c3ccc(-n4cccc4)cc3)s2)nc(-c2ccc(-c3ccc(-n4cccc4)cc3)s2)c1. The van der Waals surface area contributed by atoms with Gasteiger partial charge in [-0.25, -0.2) is 4.98 Å². The van der Waals surface area contributed by atoms with Crippen molar-refractivity contribution in [3.8, 4) is 53.4 Å². The Hall–Kier alpha value is -4.45. The highest BCUT2D eigenvalue weighted by Crippen LogP contribution is 2.37. The molecule has 5 aromatic heterocycles. The lowest BCUT2D eigenvalue weighted by Crippen LogP contribution is -1.88. The summed E-state index contributed by atoms with van der Waals surface area (Å²) < 4.78 is 4.24. The van der Waals surface area contributed by atoms with Crippen molar-refractivity contribution in [1.82, 2.24) is 14.1 Å². The summed E-state index contributed by atoms with van der Waals surface area (Å²) in [5.74, 6) is 0. The highest BCUT2D eigenvalue weighted by atomic mass is 32.1. The van der Waals surface area contributed by atoms with E-state index in [4.69, 9.17) is 4.98 Å². The van der Waals surface area contributed by atoms with Gasteiger partial charge in [0.05, 0.1) is 21.1 Å². The molecule has 0 saturated carbocycles. The fraction of sp³-hybridized carbons (Fsp3) is 0. The van der Waals surface area contributed by atoms with Crippen LogP contribution < -0.4 is 0 Å². The quantitative estimate of drug-likeness (QED) is 0.212. The number of rotatable bonds is 6. The molecule has 7 aromatic rings. The summed E-state index contributed by atoms with van der Waals surface area (Å²) in [6.07, 6.45) is 8.25. The van der Waals surface area contributed by atoms with Gasteiger partial charge in [0.15, 0.2) is 0 Å². The molecule has 182 valence electrons. The number of benzene rings is 2. The fourth-order valence-corrected chi connectivity index (χ4v) is 6.54. The molecule has 0 bridgehead atoms. The van der Waals surface area contributed by atoms with Gasteiger partial charge in [-0.15, -0.1) is 22.7 Å². The molecule has 5 heteroatoms. The van der Waals surface area contributed by atoms with Crippen LogP contribution in [0.2, 0.25) is 0 Å². The standard InChI is InChI=1S/C33H23N3S2/c1-2-21-35(20-1)26-12-8-24(9-13-26)30-16-18-32(37-30)28-6-5-7-29(34-28)33-19-17-31(38-33)25-10-14-27(15-11-25)36-22-3-4-23-36/h1-23H. The van der Waals surface area contributed by atoms with E-state index in [1.807, 2.05) is 24.3 Å². The van der Waals surface area contributed by atoms with Crippen molar-refractivity contribution in [1.29, 1.82) is 0 Å². The fourth-order valence-electron chi connectivity index (χ4n) is 4.58. The van der Waals surface area contributed by atoms with Crippen LogP contribution >= 0.6 is 22.7 Å². The van der Waals surface area contributed by atoms with Crippen molar-refractivity contribution in [2.75, 3.05) is 0 Å². The molecule has 2 aromatic carbocycles. The Balaban J connectivity index is 1.11. The third-order valence-corrected chi connectivity index (χ3v) is 8.89. The number of pyridine rings is 1. The molecule has 0 N–H and O–H groups in total. The summed E-state index contributed by atoms with van der Waals surface area (Å²) in [4.78, 5) is 9.87. The van der Waals surface area contributed by atoms with Crippen LogP contribution in [0.25, 0.3) is 53.4 Å². The monoisotopic (exact) mass is 525 g/mol. The molecule has 0 saturated heterocycles. The van der Waals surface area contributed by atoms with Gasteiger partial charge in [0.25, 0.3) is 0 Å². The molecular weight excluding hydrogens is 503 g/mol. The van der Waals surface area contributed by atoms with Gasteiger partial charge in [-0.1, -0.05) is 30.3 Å². The van der Waals surface area contributed by atoms with Gasteiger partial charge in [-0.3, -0.25) is 0 Å². The van der Waals surface area contributed by atoms with Gasteiger partial charge >= 0.3 is 0 Å². The van der Waals surface area contributed by atoms with Gasteiger partial charge in [0, 0.05) is 45.9 Å². The van der Waals surface area contributed by atoms with Gasteiger partial charge in [-0.2, -0.15) is 0 Å². The molecule has 0 atom stereocenters. The van der Waals surface area contributed by atoms with Gasteiger partial charge < -0.3 is 9.13 Å². The van der Waals surface area contributed by atoms with Crippen molar-refractivity contribution in [2.24, 2.45) is 0 Å². The van der Waals surface area contributed by atoms with Crippen molar-refractivity contribution in [2.45, 2.75) is 0 Å². The number of hydrogen-bond donors (Lipinski definition) is 0. The van der Waals surface area contributed by atoms with Crippen LogP contribution in [0.5, 0.6) is 0 Å². The van der Waals surface area contributed by atoms with E-state index < -0.39 is 0 Å². The Morgan fingerprint density at radius 2 is 0.789 bits per heavy atom. The second-order valence-corrected chi connectivity index (χ2v) is 11.2. The van der Waals surface area contributed by atoms with Crippen molar-refractivity contribution in [3.05, 3.63) is 140 Å². The number of thiophene rings is 2. The normalized spacial score (nSPS) is 11.2. The summed E-state index contributed by atoms with van der Waals surface area (Å²) >= 11 is 3.56. The minimum Gasteiger partial charge on any atom is -0.324 e. The maximum absolute atomic E-state index is 5.04. The highest BCUT2D eigenvalue weighted by molar-refractivity contribution is 7.19. The minimum absolute atomic E-state index is 1.01. The molecule has 0 aliphatic rings. The maximum atomic E-state index is 5.04. The van der Waals surface area contributed by atoms with Crippen LogP contribution in [0.4, 0.5) is 0 Å². The maximum Gasteiger partial charge on any atom is 0.0809 e. The lowest BCUT2D eigenvalue weighted by Gasteiger charge is -2.04. The third-order valence-electron chi connectivity index (χ3n) is 6.57. The summed E-state index contributed by atoms with van der Waals surface area (Å²) in [5.41, 5.74) is 6.79. The summed E-state index contributed by atoms with van der Waals surface area (Å²) in [6.45, 7) is 0. The first-order chi connectivity index (χ1) is 18.8. The Labute approximate surface area is 229 Å². The second kappa shape index (κ2) is 9.78. The van der Waals surface area contributed by atoms with Crippen LogP contribution in [0.15, 0.2) is 140 Å². The molecule has 38 heavy (non-hydrogen) atoms. The van der Waals surface area contributed by atoms with Crippen molar-refractivity contribution in [3.63, 3.8) is 0 Å². The molecule has 0 fully saturated rings. The minimum atomic E-state index is 1.01. The molecule has 0 aliphatic heterocycles. The second-order valence-electron chi connectivity index (χ2n) is 9.01. The average molecular weight is 526 g/mol. The summed E-state index contributed by atoms with van der Waals surface area (Å²) in [6, 6.07) is 40.6. The van der Waals surface area contributed by atoms with E-state index in [1.165, 1.54) is 30.6 Å². The van der Waals surface area contributed by atoms with Gasteiger partial charge in [-0.05, 0) is 96.1 Å². The average Bonchev–Trinajstić information content (AvgIpc) is 3.80. The third kappa shape index (κ3) is 4.43. The van der Waals surface area contributed by atoms with E-state index in [-0.39, 0.29) is 0 Å². The summed E-state index contributed by atoms with van der Waals surface area (Å²) in [7, 11) is 0. The molecule has 5 heterocycles. The largest absolute Gasteiger partial charge is 0.324 e. The zero-order valence-corrected chi connectivity index (χ0v) is 22.1. The molecule has 0 radical (unpaired) electrons. The van der Waals surface area contributed by atoms with Crippen molar-refractivity contribution >= 4 is 22.7 Å². The predicted molar refractivity (Wildman–Crippen MR) is 160 cm³/mol. The molecular formula is C33H23N3S2. The Morgan fingerprint density at radius 1 is 0.395 bits per heavy atom. The summed E-state index contributed by atoms with van der Waals surface area (Å²) in [5, 5.41) is 0. The number of hydrogen-bond acceptors (Lipinski definition) is 3. The molecule has 0 amide bonds. The van der Waals surface area contributed by atoms with Crippen LogP contribution in [-0.2, 0) is 0 Å². The zero-order chi connectivity index (χ0) is 25.3. The van der Waals surface area contributed by atoms with E-state index >= 15 is 0 Å². The number of nitrogens with zero attached hydrogens (tertiary/aromatic N) is 3. The van der Waals surface area contributed by atoms with Crippen LogP contribution in [0.1, 0.15) is 0 Å². The van der Waals surface area contributed by atoms with Crippen LogP contribution in [0.3, 0.4) is 0 Å². The van der Waals surface area contributed by atoms with E-state index in [0.717, 1.165) is 22.8 Å². The lowest BCUT2D eigenvalue weighted by molar-refractivity contribution is 1.08. The molecule has 0 spiro atoms.